The summed E-state index contributed by atoms with van der Waals surface area (Å²) in [6.45, 7) is 13.3. The second-order valence-corrected chi connectivity index (χ2v) is 8.05. The molecule has 1 aliphatic carbocycles. The number of hydrogen-bond acceptors (Lipinski definition) is 2. The van der Waals surface area contributed by atoms with Gasteiger partial charge in [0.2, 0.25) is 0 Å². The SMILES string of the molecule is CCC1CCC(CN2CC(CC(C)C)NCC2CC)CC1. The minimum atomic E-state index is 0.722. The van der Waals surface area contributed by atoms with Crippen molar-refractivity contribution in [1.29, 1.82) is 0 Å². The molecule has 2 fully saturated rings. The molecule has 0 aromatic rings. The van der Waals surface area contributed by atoms with Crippen molar-refractivity contribution >= 4 is 0 Å². The van der Waals surface area contributed by atoms with Gasteiger partial charge in [-0.3, -0.25) is 4.90 Å². The fourth-order valence-electron chi connectivity index (χ4n) is 4.44. The van der Waals surface area contributed by atoms with E-state index >= 15 is 0 Å². The summed E-state index contributed by atoms with van der Waals surface area (Å²) >= 11 is 0. The predicted molar refractivity (Wildman–Crippen MR) is 92.6 cm³/mol. The van der Waals surface area contributed by atoms with Gasteiger partial charge < -0.3 is 5.32 Å². The molecule has 2 atom stereocenters. The van der Waals surface area contributed by atoms with E-state index in [4.69, 9.17) is 0 Å². The molecule has 2 nitrogen and oxygen atoms in total. The van der Waals surface area contributed by atoms with Gasteiger partial charge in [0.1, 0.15) is 0 Å². The summed E-state index contributed by atoms with van der Waals surface area (Å²) in [5.41, 5.74) is 0. The zero-order valence-corrected chi connectivity index (χ0v) is 14.9. The van der Waals surface area contributed by atoms with Gasteiger partial charge in [-0.2, -0.15) is 0 Å². The van der Waals surface area contributed by atoms with E-state index in [2.05, 4.69) is 37.9 Å². The van der Waals surface area contributed by atoms with Crippen LogP contribution in [0.25, 0.3) is 0 Å². The normalized spacial score (nSPS) is 35.3. The van der Waals surface area contributed by atoms with E-state index in [1.807, 2.05) is 0 Å². The maximum atomic E-state index is 3.79. The fraction of sp³-hybridized carbons (Fsp3) is 1.00. The van der Waals surface area contributed by atoms with Gasteiger partial charge in [0.15, 0.2) is 0 Å². The lowest BCUT2D eigenvalue weighted by Crippen LogP contribution is -2.57. The highest BCUT2D eigenvalue weighted by Crippen LogP contribution is 2.32. The van der Waals surface area contributed by atoms with E-state index in [1.54, 1.807) is 0 Å². The van der Waals surface area contributed by atoms with E-state index in [9.17, 15) is 0 Å². The predicted octanol–water partition coefficient (Wildman–Crippen LogP) is 4.30. The summed E-state index contributed by atoms with van der Waals surface area (Å²) in [5.74, 6) is 2.81. The molecule has 2 heteroatoms. The average Bonchev–Trinajstić information content (AvgIpc) is 2.48. The molecular weight excluding hydrogens is 256 g/mol. The zero-order chi connectivity index (χ0) is 15.2. The Kier molecular flexibility index (Phi) is 7.01. The molecule has 124 valence electrons. The molecule has 0 amide bonds. The standard InChI is InChI=1S/C19H38N2/c1-5-16-7-9-17(10-8-16)13-21-14-18(11-15(3)4)20-12-19(21)6-2/h15-20H,5-14H2,1-4H3. The van der Waals surface area contributed by atoms with Crippen LogP contribution in [0.15, 0.2) is 0 Å². The first-order valence-electron chi connectivity index (χ1n) is 9.59. The Morgan fingerprint density at radius 2 is 1.67 bits per heavy atom. The molecule has 2 aliphatic rings. The van der Waals surface area contributed by atoms with Gasteiger partial charge in [-0.15, -0.1) is 0 Å². The van der Waals surface area contributed by atoms with Crippen molar-refractivity contribution in [2.45, 2.75) is 84.7 Å². The van der Waals surface area contributed by atoms with Crippen LogP contribution < -0.4 is 5.32 Å². The molecule has 0 spiro atoms. The Balaban J connectivity index is 1.83. The number of piperazine rings is 1. The maximum Gasteiger partial charge on any atom is 0.0218 e. The van der Waals surface area contributed by atoms with E-state index in [0.717, 1.165) is 29.8 Å². The Bertz CT molecular complexity index is 281. The van der Waals surface area contributed by atoms with Crippen LogP contribution >= 0.6 is 0 Å². The highest BCUT2D eigenvalue weighted by atomic mass is 15.2. The topological polar surface area (TPSA) is 15.3 Å². The molecule has 1 heterocycles. The summed E-state index contributed by atoms with van der Waals surface area (Å²) in [4.78, 5) is 2.83. The van der Waals surface area contributed by atoms with Gasteiger partial charge in [0.05, 0.1) is 0 Å². The Labute approximate surface area is 133 Å². The summed E-state index contributed by atoms with van der Waals surface area (Å²) in [5, 5.41) is 3.79. The minimum Gasteiger partial charge on any atom is -0.311 e. The number of hydrogen-bond donors (Lipinski definition) is 1. The Hall–Kier alpha value is -0.0800. The van der Waals surface area contributed by atoms with Crippen LogP contribution in [0.5, 0.6) is 0 Å². The third kappa shape index (κ3) is 5.25. The molecule has 0 aromatic carbocycles. The summed E-state index contributed by atoms with van der Waals surface area (Å²) < 4.78 is 0. The van der Waals surface area contributed by atoms with Crippen molar-refractivity contribution in [3.63, 3.8) is 0 Å². The van der Waals surface area contributed by atoms with Crippen LogP contribution in [0.2, 0.25) is 0 Å². The van der Waals surface area contributed by atoms with Crippen LogP contribution in [0, 0.1) is 17.8 Å². The van der Waals surface area contributed by atoms with Gasteiger partial charge in [0.25, 0.3) is 0 Å². The lowest BCUT2D eigenvalue weighted by atomic mass is 9.80. The van der Waals surface area contributed by atoms with Crippen molar-refractivity contribution in [3.8, 4) is 0 Å². The first kappa shape index (κ1) is 17.3. The monoisotopic (exact) mass is 294 g/mol. The maximum absolute atomic E-state index is 3.79. The van der Waals surface area contributed by atoms with Gasteiger partial charge in [-0.1, -0.05) is 47.0 Å². The van der Waals surface area contributed by atoms with Crippen LogP contribution in [-0.4, -0.2) is 36.6 Å². The smallest absolute Gasteiger partial charge is 0.0218 e. The molecule has 0 radical (unpaired) electrons. The Morgan fingerprint density at radius 1 is 1.00 bits per heavy atom. The third-order valence-electron chi connectivity index (χ3n) is 5.88. The van der Waals surface area contributed by atoms with Crippen molar-refractivity contribution in [2.75, 3.05) is 19.6 Å². The van der Waals surface area contributed by atoms with Crippen LogP contribution in [0.3, 0.4) is 0 Å². The van der Waals surface area contributed by atoms with Gasteiger partial charge in [0, 0.05) is 31.7 Å². The van der Waals surface area contributed by atoms with Crippen molar-refractivity contribution in [2.24, 2.45) is 17.8 Å². The average molecular weight is 295 g/mol. The van der Waals surface area contributed by atoms with E-state index in [-0.39, 0.29) is 0 Å². The third-order valence-corrected chi connectivity index (χ3v) is 5.88. The van der Waals surface area contributed by atoms with Crippen LogP contribution in [-0.2, 0) is 0 Å². The lowest BCUT2D eigenvalue weighted by Gasteiger charge is -2.43. The highest BCUT2D eigenvalue weighted by molar-refractivity contribution is 4.87. The minimum absolute atomic E-state index is 0.722. The molecule has 1 aliphatic heterocycles. The summed E-state index contributed by atoms with van der Waals surface area (Å²) in [6.07, 6.45) is 9.95. The number of rotatable bonds is 6. The first-order chi connectivity index (χ1) is 10.1. The van der Waals surface area contributed by atoms with Crippen LogP contribution in [0.1, 0.15) is 72.6 Å². The number of nitrogens with one attached hydrogen (secondary N) is 1. The molecule has 2 unspecified atom stereocenters. The van der Waals surface area contributed by atoms with Gasteiger partial charge in [-0.25, -0.2) is 0 Å². The van der Waals surface area contributed by atoms with Crippen LogP contribution in [0.4, 0.5) is 0 Å². The summed E-state index contributed by atoms with van der Waals surface area (Å²) in [6, 6.07) is 1.50. The quantitative estimate of drug-likeness (QED) is 0.785. The molecule has 0 bridgehead atoms. The largest absolute Gasteiger partial charge is 0.311 e. The molecule has 0 aromatic heterocycles. The molecule has 1 saturated heterocycles. The van der Waals surface area contributed by atoms with E-state index in [1.165, 1.54) is 64.6 Å². The molecular formula is C19H38N2. The number of nitrogens with zero attached hydrogens (tertiary/aromatic N) is 1. The second-order valence-electron chi connectivity index (χ2n) is 8.05. The van der Waals surface area contributed by atoms with Crippen molar-refractivity contribution < 1.29 is 0 Å². The molecule has 1 saturated carbocycles. The lowest BCUT2D eigenvalue weighted by molar-refractivity contribution is 0.0859. The van der Waals surface area contributed by atoms with Gasteiger partial charge >= 0.3 is 0 Å². The van der Waals surface area contributed by atoms with E-state index in [0.29, 0.717) is 0 Å². The Morgan fingerprint density at radius 3 is 2.24 bits per heavy atom. The summed E-state index contributed by atoms with van der Waals surface area (Å²) in [7, 11) is 0. The zero-order valence-electron chi connectivity index (χ0n) is 14.9. The van der Waals surface area contributed by atoms with Crippen molar-refractivity contribution in [1.82, 2.24) is 10.2 Å². The fourth-order valence-corrected chi connectivity index (χ4v) is 4.44. The van der Waals surface area contributed by atoms with E-state index < -0.39 is 0 Å². The van der Waals surface area contributed by atoms with Gasteiger partial charge in [-0.05, 0) is 43.4 Å². The molecule has 1 N–H and O–H groups in total. The highest BCUT2D eigenvalue weighted by Gasteiger charge is 2.30. The second kappa shape index (κ2) is 8.53. The molecule has 2 rings (SSSR count). The first-order valence-corrected chi connectivity index (χ1v) is 9.59. The molecule has 21 heavy (non-hydrogen) atoms. The van der Waals surface area contributed by atoms with Crippen molar-refractivity contribution in [3.05, 3.63) is 0 Å².